The van der Waals surface area contributed by atoms with Gasteiger partial charge in [0.25, 0.3) is 5.91 Å². The number of hydrogen-bond donors (Lipinski definition) is 0. The van der Waals surface area contributed by atoms with Crippen LogP contribution in [0.4, 0.5) is 13.2 Å². The number of fused-ring (bicyclic) bond motifs is 2. The van der Waals surface area contributed by atoms with Crippen molar-refractivity contribution in [2.45, 2.75) is 32.5 Å². The number of halogens is 3. The van der Waals surface area contributed by atoms with Crippen molar-refractivity contribution in [1.82, 2.24) is 29.4 Å². The first-order chi connectivity index (χ1) is 17.0. The number of hydrogen-bond acceptors (Lipinski definition) is 5. The Balaban J connectivity index is 1.54. The molecule has 1 aliphatic heterocycles. The minimum atomic E-state index is -4.54. The molecule has 0 saturated carbocycles. The molecule has 1 amide bonds. The highest BCUT2D eigenvalue weighted by Gasteiger charge is 2.38. The lowest BCUT2D eigenvalue weighted by Gasteiger charge is -2.33. The SMILES string of the molecule is COc1cc(C(=O)N2CCc3c(nn(C)c3-c3cc(C(F)(F)F)nn3C)C2C)c2ccc(C)nc2c1. The van der Waals surface area contributed by atoms with Gasteiger partial charge in [-0.1, -0.05) is 6.07 Å². The number of carbonyl (C=O) groups excluding carboxylic acids is 1. The zero-order valence-electron chi connectivity index (χ0n) is 20.5. The smallest absolute Gasteiger partial charge is 0.435 e. The Bertz CT molecular complexity index is 1500. The van der Waals surface area contributed by atoms with E-state index in [1.807, 2.05) is 26.0 Å². The molecule has 5 rings (SSSR count). The number of aromatic nitrogens is 5. The lowest BCUT2D eigenvalue weighted by atomic mass is 9.95. The van der Waals surface area contributed by atoms with Crippen LogP contribution in [0, 0.1) is 6.92 Å². The van der Waals surface area contributed by atoms with E-state index in [1.165, 1.54) is 11.7 Å². The second-order valence-electron chi connectivity index (χ2n) is 8.99. The van der Waals surface area contributed by atoms with Crippen molar-refractivity contribution in [3.8, 4) is 17.1 Å². The molecule has 1 unspecified atom stereocenters. The van der Waals surface area contributed by atoms with Crippen LogP contribution in [-0.2, 0) is 26.7 Å². The summed E-state index contributed by atoms with van der Waals surface area (Å²) in [6, 6.07) is 7.89. The fourth-order valence-corrected chi connectivity index (χ4v) is 4.93. The summed E-state index contributed by atoms with van der Waals surface area (Å²) in [6.07, 6.45) is -4.10. The van der Waals surface area contributed by atoms with E-state index in [-0.39, 0.29) is 5.91 Å². The number of pyridine rings is 1. The van der Waals surface area contributed by atoms with Crippen LogP contribution < -0.4 is 4.74 Å². The lowest BCUT2D eigenvalue weighted by molar-refractivity contribution is -0.141. The maximum atomic E-state index is 13.8. The largest absolute Gasteiger partial charge is 0.497 e. The van der Waals surface area contributed by atoms with Crippen LogP contribution in [0.25, 0.3) is 22.3 Å². The van der Waals surface area contributed by atoms with Crippen LogP contribution in [0.2, 0.25) is 0 Å². The average molecular weight is 499 g/mol. The molecule has 4 aromatic rings. The minimum Gasteiger partial charge on any atom is -0.497 e. The second-order valence-corrected chi connectivity index (χ2v) is 8.99. The Morgan fingerprint density at radius 1 is 1.11 bits per heavy atom. The van der Waals surface area contributed by atoms with E-state index in [2.05, 4.69) is 15.2 Å². The van der Waals surface area contributed by atoms with Gasteiger partial charge in [-0.2, -0.15) is 23.4 Å². The predicted octanol–water partition coefficient (Wildman–Crippen LogP) is 4.46. The molecular weight excluding hydrogens is 473 g/mol. The van der Waals surface area contributed by atoms with E-state index in [0.717, 1.165) is 22.7 Å². The first kappa shape index (κ1) is 23.8. The van der Waals surface area contributed by atoms with Gasteiger partial charge in [-0.05, 0) is 38.5 Å². The highest BCUT2D eigenvalue weighted by molar-refractivity contribution is 6.07. The van der Waals surface area contributed by atoms with Gasteiger partial charge in [0.15, 0.2) is 5.69 Å². The van der Waals surface area contributed by atoms with Crippen molar-refractivity contribution in [2.24, 2.45) is 14.1 Å². The minimum absolute atomic E-state index is 0.185. The molecule has 0 spiro atoms. The summed E-state index contributed by atoms with van der Waals surface area (Å²) >= 11 is 0. The van der Waals surface area contributed by atoms with Gasteiger partial charge in [-0.15, -0.1) is 0 Å². The monoisotopic (exact) mass is 498 g/mol. The van der Waals surface area contributed by atoms with Crippen molar-refractivity contribution in [3.63, 3.8) is 0 Å². The number of carbonyl (C=O) groups is 1. The van der Waals surface area contributed by atoms with E-state index in [0.29, 0.717) is 46.9 Å². The van der Waals surface area contributed by atoms with Crippen molar-refractivity contribution in [3.05, 3.63) is 58.5 Å². The molecule has 0 fully saturated rings. The van der Waals surface area contributed by atoms with Crippen LogP contribution in [0.1, 0.15) is 46.0 Å². The summed E-state index contributed by atoms with van der Waals surface area (Å²) in [5.41, 5.74) is 3.39. The molecule has 11 heteroatoms. The van der Waals surface area contributed by atoms with Crippen LogP contribution in [0.3, 0.4) is 0 Å². The normalized spacial score (nSPS) is 15.9. The first-order valence-corrected chi connectivity index (χ1v) is 11.4. The Labute approximate surface area is 205 Å². The second kappa shape index (κ2) is 8.35. The molecule has 1 aliphatic rings. The van der Waals surface area contributed by atoms with Crippen molar-refractivity contribution in [2.75, 3.05) is 13.7 Å². The zero-order chi connectivity index (χ0) is 25.9. The molecule has 0 radical (unpaired) electrons. The molecule has 0 aliphatic carbocycles. The van der Waals surface area contributed by atoms with Crippen LogP contribution in [-0.4, -0.2) is 49.0 Å². The van der Waals surface area contributed by atoms with Crippen molar-refractivity contribution in [1.29, 1.82) is 0 Å². The standard InChI is InChI=1S/C25H25F3N6O2/c1-13-6-7-16-18(10-15(36-5)11-19(16)29-13)24(35)34-9-8-17-22(14(34)2)31-33(4)23(17)20-12-21(25(26,27)28)30-32(20)3/h6-7,10-12,14H,8-9H2,1-5H3. The van der Waals surface area contributed by atoms with Gasteiger partial charge in [0.05, 0.1) is 41.3 Å². The van der Waals surface area contributed by atoms with Gasteiger partial charge in [0.2, 0.25) is 0 Å². The molecule has 1 atom stereocenters. The molecule has 1 aromatic carbocycles. The highest BCUT2D eigenvalue weighted by Crippen LogP contribution is 2.38. The maximum absolute atomic E-state index is 13.8. The maximum Gasteiger partial charge on any atom is 0.435 e. The summed E-state index contributed by atoms with van der Waals surface area (Å²) in [7, 11) is 4.71. The van der Waals surface area contributed by atoms with E-state index >= 15 is 0 Å². The molecule has 0 N–H and O–H groups in total. The molecule has 0 bridgehead atoms. The Morgan fingerprint density at radius 2 is 1.86 bits per heavy atom. The molecule has 4 heterocycles. The Morgan fingerprint density at radius 3 is 2.53 bits per heavy atom. The highest BCUT2D eigenvalue weighted by atomic mass is 19.4. The Hall–Kier alpha value is -3.89. The summed E-state index contributed by atoms with van der Waals surface area (Å²) < 4.78 is 48.0. The Kier molecular flexibility index (Phi) is 5.53. The molecular formula is C25H25F3N6O2. The molecule has 36 heavy (non-hydrogen) atoms. The topological polar surface area (TPSA) is 78.1 Å². The molecule has 8 nitrogen and oxygen atoms in total. The molecule has 0 saturated heterocycles. The number of ether oxygens (including phenoxy) is 1. The zero-order valence-corrected chi connectivity index (χ0v) is 20.5. The summed E-state index contributed by atoms with van der Waals surface area (Å²) in [4.78, 5) is 20.1. The average Bonchev–Trinajstić information content (AvgIpc) is 3.37. The van der Waals surface area contributed by atoms with Crippen LogP contribution in [0.5, 0.6) is 5.75 Å². The molecule has 188 valence electrons. The number of rotatable bonds is 3. The third kappa shape index (κ3) is 3.78. The van der Waals surface area contributed by atoms with E-state index < -0.39 is 17.9 Å². The number of amides is 1. The number of methoxy groups -OCH3 is 1. The molecule has 3 aromatic heterocycles. The van der Waals surface area contributed by atoms with Gasteiger partial charge in [-0.25, -0.2) is 0 Å². The van der Waals surface area contributed by atoms with Gasteiger partial charge < -0.3 is 9.64 Å². The quantitative estimate of drug-likeness (QED) is 0.417. The summed E-state index contributed by atoms with van der Waals surface area (Å²) in [5, 5.41) is 8.99. The summed E-state index contributed by atoms with van der Waals surface area (Å²) in [6.45, 7) is 4.14. The first-order valence-electron chi connectivity index (χ1n) is 11.4. The van der Waals surface area contributed by atoms with E-state index in [9.17, 15) is 18.0 Å². The number of nitrogens with zero attached hydrogens (tertiary/aromatic N) is 6. The fraction of sp³-hybridized carbons (Fsp3) is 0.360. The summed E-state index contributed by atoms with van der Waals surface area (Å²) in [5.74, 6) is 0.348. The van der Waals surface area contributed by atoms with Gasteiger partial charge in [0, 0.05) is 43.4 Å². The number of benzene rings is 1. The van der Waals surface area contributed by atoms with E-state index in [4.69, 9.17) is 4.74 Å². The van der Waals surface area contributed by atoms with Gasteiger partial charge in [-0.3, -0.25) is 19.1 Å². The third-order valence-corrected chi connectivity index (χ3v) is 6.70. The number of alkyl halides is 3. The van der Waals surface area contributed by atoms with Crippen LogP contribution in [0.15, 0.2) is 30.3 Å². The van der Waals surface area contributed by atoms with Crippen molar-refractivity contribution < 1.29 is 22.7 Å². The predicted molar refractivity (Wildman–Crippen MR) is 127 cm³/mol. The van der Waals surface area contributed by atoms with Gasteiger partial charge in [0.1, 0.15) is 5.75 Å². The van der Waals surface area contributed by atoms with E-state index in [1.54, 1.807) is 35.9 Å². The lowest BCUT2D eigenvalue weighted by Crippen LogP contribution is -2.39. The van der Waals surface area contributed by atoms with Gasteiger partial charge >= 0.3 is 6.18 Å². The third-order valence-electron chi connectivity index (χ3n) is 6.70. The van der Waals surface area contributed by atoms with Crippen molar-refractivity contribution >= 4 is 16.8 Å². The number of aryl methyl sites for hydroxylation is 3. The van der Waals surface area contributed by atoms with Crippen LogP contribution >= 0.6 is 0 Å². The fourth-order valence-electron chi connectivity index (χ4n) is 4.93.